The Balaban J connectivity index is 1.76. The Morgan fingerprint density at radius 1 is 1.12 bits per heavy atom. The van der Waals surface area contributed by atoms with Crippen molar-refractivity contribution in [2.24, 2.45) is 0 Å². The topological polar surface area (TPSA) is 56.6 Å². The van der Waals surface area contributed by atoms with Gasteiger partial charge in [-0.2, -0.15) is 5.26 Å². The summed E-state index contributed by atoms with van der Waals surface area (Å²) in [7, 11) is 0. The highest BCUT2D eigenvalue weighted by Gasteiger charge is 2.21. The fourth-order valence-electron chi connectivity index (χ4n) is 2.98. The molecule has 0 unspecified atom stereocenters. The first-order valence-corrected chi connectivity index (χ1v) is 9.36. The number of benzene rings is 1. The van der Waals surface area contributed by atoms with Crippen molar-refractivity contribution in [1.82, 2.24) is 9.80 Å². The summed E-state index contributed by atoms with van der Waals surface area (Å²) in [6.07, 6.45) is 5.30. The summed E-state index contributed by atoms with van der Waals surface area (Å²) in [4.78, 5) is 16.7. The molecule has 1 aromatic rings. The highest BCUT2D eigenvalue weighted by atomic mass is 16.5. The van der Waals surface area contributed by atoms with Crippen LogP contribution in [0.1, 0.15) is 49.4 Å². The lowest BCUT2D eigenvalue weighted by Gasteiger charge is -2.34. The van der Waals surface area contributed by atoms with Crippen LogP contribution < -0.4 is 4.74 Å². The first kappa shape index (κ1) is 19.3. The van der Waals surface area contributed by atoms with Gasteiger partial charge in [-0.15, -0.1) is 0 Å². The molecule has 1 saturated heterocycles. The van der Waals surface area contributed by atoms with Gasteiger partial charge in [0.2, 0.25) is 0 Å². The van der Waals surface area contributed by atoms with Crippen LogP contribution in [0.15, 0.2) is 24.3 Å². The maximum Gasteiger partial charge on any atom is 0.253 e. The lowest BCUT2D eigenvalue weighted by atomic mass is 10.1. The molecule has 136 valence electrons. The highest BCUT2D eigenvalue weighted by molar-refractivity contribution is 5.94. The molecule has 1 aromatic carbocycles. The Bertz CT molecular complexity index is 557. The Labute approximate surface area is 151 Å². The van der Waals surface area contributed by atoms with E-state index in [0.717, 1.165) is 51.5 Å². The molecule has 5 heteroatoms. The minimum absolute atomic E-state index is 0.0782. The van der Waals surface area contributed by atoms with Crippen molar-refractivity contribution in [2.45, 2.75) is 39.0 Å². The number of hydrogen-bond acceptors (Lipinski definition) is 4. The van der Waals surface area contributed by atoms with Crippen LogP contribution >= 0.6 is 0 Å². The van der Waals surface area contributed by atoms with Crippen molar-refractivity contribution >= 4 is 5.91 Å². The molecule has 1 fully saturated rings. The number of carbonyl (C=O) groups excluding carboxylic acids is 1. The summed E-state index contributed by atoms with van der Waals surface area (Å²) >= 11 is 0. The smallest absolute Gasteiger partial charge is 0.253 e. The number of amides is 1. The van der Waals surface area contributed by atoms with E-state index in [1.165, 1.54) is 19.3 Å². The van der Waals surface area contributed by atoms with E-state index in [-0.39, 0.29) is 5.91 Å². The fourth-order valence-corrected chi connectivity index (χ4v) is 2.98. The van der Waals surface area contributed by atoms with E-state index < -0.39 is 0 Å². The van der Waals surface area contributed by atoms with Crippen molar-refractivity contribution in [3.63, 3.8) is 0 Å². The summed E-state index contributed by atoms with van der Waals surface area (Å²) in [5, 5.41) is 8.65. The summed E-state index contributed by atoms with van der Waals surface area (Å²) < 4.78 is 5.73. The Hall–Kier alpha value is -2.06. The molecule has 0 spiro atoms. The number of unbranched alkanes of at least 4 members (excludes halogenated alkanes) is 3. The lowest BCUT2D eigenvalue weighted by Crippen LogP contribution is -2.48. The number of rotatable bonds is 9. The minimum atomic E-state index is 0.0782. The zero-order chi connectivity index (χ0) is 17.9. The zero-order valence-electron chi connectivity index (χ0n) is 15.2. The number of piperazine rings is 1. The molecule has 0 N–H and O–H groups in total. The third kappa shape index (κ3) is 6.39. The van der Waals surface area contributed by atoms with E-state index in [1.807, 2.05) is 29.2 Å². The average molecular weight is 343 g/mol. The van der Waals surface area contributed by atoms with Gasteiger partial charge in [0.25, 0.3) is 5.91 Å². The van der Waals surface area contributed by atoms with E-state index >= 15 is 0 Å². The third-order valence-electron chi connectivity index (χ3n) is 4.57. The van der Waals surface area contributed by atoms with Gasteiger partial charge in [-0.3, -0.25) is 9.69 Å². The second-order valence-corrected chi connectivity index (χ2v) is 6.48. The molecular formula is C20H29N3O2. The summed E-state index contributed by atoms with van der Waals surface area (Å²) in [5.41, 5.74) is 0.712. The fraction of sp³-hybridized carbons (Fsp3) is 0.600. The van der Waals surface area contributed by atoms with Crippen LogP contribution in [-0.4, -0.2) is 55.0 Å². The second kappa shape index (κ2) is 10.7. The summed E-state index contributed by atoms with van der Waals surface area (Å²) in [6, 6.07) is 9.65. The molecule has 0 saturated carbocycles. The number of hydrogen-bond donors (Lipinski definition) is 0. The zero-order valence-corrected chi connectivity index (χ0v) is 15.2. The molecule has 1 aliphatic heterocycles. The van der Waals surface area contributed by atoms with E-state index in [4.69, 9.17) is 10.00 Å². The van der Waals surface area contributed by atoms with Gasteiger partial charge >= 0.3 is 0 Å². The Kier molecular flexibility index (Phi) is 8.27. The molecule has 1 amide bonds. The predicted octanol–water partition coefficient (Wildman–Crippen LogP) is 3.32. The molecule has 0 aromatic heterocycles. The number of nitriles is 1. The van der Waals surface area contributed by atoms with Crippen molar-refractivity contribution < 1.29 is 9.53 Å². The van der Waals surface area contributed by atoms with Crippen molar-refractivity contribution in [3.05, 3.63) is 29.8 Å². The molecule has 0 bridgehead atoms. The van der Waals surface area contributed by atoms with E-state index in [0.29, 0.717) is 12.0 Å². The van der Waals surface area contributed by atoms with E-state index in [1.54, 1.807) is 0 Å². The van der Waals surface area contributed by atoms with Crippen LogP contribution in [0.5, 0.6) is 5.75 Å². The molecule has 0 aliphatic carbocycles. The number of carbonyl (C=O) groups is 1. The average Bonchev–Trinajstić information content (AvgIpc) is 2.66. The van der Waals surface area contributed by atoms with Crippen LogP contribution in [0.3, 0.4) is 0 Å². The maximum atomic E-state index is 12.6. The largest absolute Gasteiger partial charge is 0.494 e. The molecule has 0 atom stereocenters. The predicted molar refractivity (Wildman–Crippen MR) is 98.7 cm³/mol. The second-order valence-electron chi connectivity index (χ2n) is 6.48. The standard InChI is InChI=1S/C20H29N3O2/c1-2-3-4-5-17-25-19-9-7-18(8-10-19)20(24)23-15-13-22(14-16-23)12-6-11-21/h7-10H,2-6,12-17H2,1H3. The molecule has 0 radical (unpaired) electrons. The van der Waals surface area contributed by atoms with Crippen LogP contribution in [0.2, 0.25) is 0 Å². The van der Waals surface area contributed by atoms with E-state index in [9.17, 15) is 4.79 Å². The van der Waals surface area contributed by atoms with Crippen LogP contribution in [0.4, 0.5) is 0 Å². The van der Waals surface area contributed by atoms with E-state index in [2.05, 4.69) is 17.9 Å². The Morgan fingerprint density at radius 3 is 2.48 bits per heavy atom. The van der Waals surface area contributed by atoms with Crippen molar-refractivity contribution in [3.8, 4) is 11.8 Å². The van der Waals surface area contributed by atoms with Gasteiger partial charge in [-0.25, -0.2) is 0 Å². The molecule has 2 rings (SSSR count). The summed E-state index contributed by atoms with van der Waals surface area (Å²) in [5.74, 6) is 0.906. The van der Waals surface area contributed by atoms with Gasteiger partial charge in [0.1, 0.15) is 5.75 Å². The lowest BCUT2D eigenvalue weighted by molar-refractivity contribution is 0.0639. The molecule has 25 heavy (non-hydrogen) atoms. The number of ether oxygens (including phenoxy) is 1. The summed E-state index contributed by atoms with van der Waals surface area (Å²) in [6.45, 7) is 6.85. The molecular weight excluding hydrogens is 314 g/mol. The first-order valence-electron chi connectivity index (χ1n) is 9.36. The third-order valence-corrected chi connectivity index (χ3v) is 4.57. The number of nitrogens with zero attached hydrogens (tertiary/aromatic N) is 3. The maximum absolute atomic E-state index is 12.6. The van der Waals surface area contributed by atoms with Crippen LogP contribution in [-0.2, 0) is 0 Å². The minimum Gasteiger partial charge on any atom is -0.494 e. The highest BCUT2D eigenvalue weighted by Crippen LogP contribution is 2.15. The monoisotopic (exact) mass is 343 g/mol. The van der Waals surface area contributed by atoms with Gasteiger partial charge in [-0.05, 0) is 30.7 Å². The van der Waals surface area contributed by atoms with Gasteiger partial charge in [0, 0.05) is 44.7 Å². The Morgan fingerprint density at radius 2 is 1.84 bits per heavy atom. The van der Waals surface area contributed by atoms with Crippen LogP contribution in [0.25, 0.3) is 0 Å². The molecule has 5 nitrogen and oxygen atoms in total. The molecule has 1 heterocycles. The van der Waals surface area contributed by atoms with Crippen LogP contribution in [0, 0.1) is 11.3 Å². The van der Waals surface area contributed by atoms with Gasteiger partial charge < -0.3 is 9.64 Å². The normalized spacial score (nSPS) is 15.0. The van der Waals surface area contributed by atoms with Crippen molar-refractivity contribution in [2.75, 3.05) is 39.3 Å². The van der Waals surface area contributed by atoms with Gasteiger partial charge in [0.15, 0.2) is 0 Å². The molecule has 1 aliphatic rings. The quantitative estimate of drug-likeness (QED) is 0.646. The van der Waals surface area contributed by atoms with Gasteiger partial charge in [0.05, 0.1) is 12.7 Å². The SMILES string of the molecule is CCCCCCOc1ccc(C(=O)N2CCN(CCC#N)CC2)cc1. The van der Waals surface area contributed by atoms with Gasteiger partial charge in [-0.1, -0.05) is 26.2 Å². The first-order chi connectivity index (χ1) is 12.2. The van der Waals surface area contributed by atoms with Crippen molar-refractivity contribution in [1.29, 1.82) is 5.26 Å².